The second kappa shape index (κ2) is 8.64. The minimum absolute atomic E-state index is 0.277. The van der Waals surface area contributed by atoms with Crippen LogP contribution in [-0.2, 0) is 6.54 Å². The van der Waals surface area contributed by atoms with Gasteiger partial charge in [-0.2, -0.15) is 4.98 Å². The Kier molecular flexibility index (Phi) is 5.65. The Morgan fingerprint density at radius 1 is 1.29 bits per heavy atom. The molecule has 0 bridgehead atoms. The molecule has 0 spiro atoms. The molecular formula is C25H28FN7O. The lowest BCUT2D eigenvalue weighted by Crippen LogP contribution is -2.56. The molecule has 8 nitrogen and oxygen atoms in total. The van der Waals surface area contributed by atoms with Crippen LogP contribution in [0.15, 0.2) is 52.6 Å². The molecule has 3 aromatic rings. The van der Waals surface area contributed by atoms with Crippen molar-refractivity contribution in [2.24, 2.45) is 9.98 Å². The molecule has 4 heterocycles. The van der Waals surface area contributed by atoms with Gasteiger partial charge in [0.1, 0.15) is 5.52 Å². The molecule has 1 unspecified atom stereocenters. The highest BCUT2D eigenvalue weighted by atomic mass is 19.1. The third kappa shape index (κ3) is 3.86. The van der Waals surface area contributed by atoms with Crippen LogP contribution < -0.4 is 10.1 Å². The number of piperidine rings is 1. The molecule has 9 heteroatoms. The molecule has 34 heavy (non-hydrogen) atoms. The summed E-state index contributed by atoms with van der Waals surface area (Å²) in [5.74, 6) is 0.722. The molecule has 1 fully saturated rings. The van der Waals surface area contributed by atoms with Crippen molar-refractivity contribution in [1.29, 1.82) is 0 Å². The number of halogens is 1. The number of hydrogen-bond acceptors (Lipinski definition) is 7. The van der Waals surface area contributed by atoms with Gasteiger partial charge in [0.25, 0.3) is 0 Å². The summed E-state index contributed by atoms with van der Waals surface area (Å²) in [7, 11) is 3.49. The molecule has 0 amide bonds. The van der Waals surface area contributed by atoms with E-state index in [1.54, 1.807) is 31.0 Å². The van der Waals surface area contributed by atoms with Crippen LogP contribution in [0.25, 0.3) is 16.6 Å². The number of fused-ring (bicyclic) bond motifs is 2. The van der Waals surface area contributed by atoms with Crippen LogP contribution in [-0.4, -0.2) is 70.9 Å². The van der Waals surface area contributed by atoms with E-state index in [9.17, 15) is 0 Å². The summed E-state index contributed by atoms with van der Waals surface area (Å²) in [6.07, 6.45) is 5.88. The zero-order valence-electron chi connectivity index (χ0n) is 19.6. The molecular weight excluding hydrogens is 433 g/mol. The third-order valence-corrected chi connectivity index (χ3v) is 6.58. The normalized spacial score (nSPS) is 22.4. The van der Waals surface area contributed by atoms with Crippen LogP contribution in [0.1, 0.15) is 18.9 Å². The Labute approximate surface area is 197 Å². The van der Waals surface area contributed by atoms with Crippen molar-refractivity contribution in [2.45, 2.75) is 31.6 Å². The molecule has 2 atom stereocenters. The fourth-order valence-electron chi connectivity index (χ4n) is 4.66. The predicted octanol–water partition coefficient (Wildman–Crippen LogP) is 4.09. The van der Waals surface area contributed by atoms with Gasteiger partial charge in [-0.1, -0.05) is 18.7 Å². The fourth-order valence-corrected chi connectivity index (χ4v) is 4.66. The number of alkyl halides is 1. The number of anilines is 1. The van der Waals surface area contributed by atoms with Gasteiger partial charge >= 0.3 is 0 Å². The van der Waals surface area contributed by atoms with Crippen LogP contribution in [0.2, 0.25) is 0 Å². The number of rotatable bonds is 5. The first-order valence-corrected chi connectivity index (χ1v) is 11.3. The van der Waals surface area contributed by atoms with Gasteiger partial charge in [0.2, 0.25) is 11.8 Å². The summed E-state index contributed by atoms with van der Waals surface area (Å²) in [5, 5.41) is 7.84. The fraction of sp³-hybridized carbons (Fsp3) is 0.360. The molecule has 1 aromatic carbocycles. The van der Waals surface area contributed by atoms with Gasteiger partial charge in [-0.25, -0.2) is 8.91 Å². The van der Waals surface area contributed by atoms with E-state index in [0.29, 0.717) is 30.4 Å². The molecule has 0 radical (unpaired) electrons. The molecule has 2 aromatic heterocycles. The lowest BCUT2D eigenvalue weighted by Gasteiger charge is -2.42. The van der Waals surface area contributed by atoms with Crippen molar-refractivity contribution in [3.8, 4) is 17.0 Å². The van der Waals surface area contributed by atoms with E-state index in [2.05, 4.69) is 32.0 Å². The summed E-state index contributed by atoms with van der Waals surface area (Å²) in [5.41, 5.74) is 3.50. The van der Waals surface area contributed by atoms with E-state index in [1.165, 1.54) is 0 Å². The number of aliphatic imine (C=N–C) groups is 2. The van der Waals surface area contributed by atoms with Crippen molar-refractivity contribution in [3.63, 3.8) is 0 Å². The lowest BCUT2D eigenvalue weighted by molar-refractivity contribution is 0.0769. The minimum atomic E-state index is -1.58. The van der Waals surface area contributed by atoms with Gasteiger partial charge in [0.15, 0.2) is 5.67 Å². The summed E-state index contributed by atoms with van der Waals surface area (Å²) < 4.78 is 23.2. The van der Waals surface area contributed by atoms with Crippen molar-refractivity contribution in [2.75, 3.05) is 32.6 Å². The highest BCUT2D eigenvalue weighted by Crippen LogP contribution is 2.36. The maximum atomic E-state index is 15.9. The van der Waals surface area contributed by atoms with Gasteiger partial charge < -0.3 is 15.0 Å². The number of aromatic nitrogens is 3. The Balaban J connectivity index is 1.51. The summed E-state index contributed by atoms with van der Waals surface area (Å²) in [6, 6.07) is 7.60. The standard InChI is InChI=1S/C25H28FN7O/c1-16(2)25(26)15-32(3)11-8-21(25)29-24-30-23(34-4)22-19(7-12-33(22)31-24)17-5-6-18-14-27-9-10-28-20(18)13-17/h5-7,9-10,12-13,21H,1,8,11,14-15H2,2-4H3,(H,29,31)/t21-,25?/m0/s1. The van der Waals surface area contributed by atoms with Crippen LogP contribution in [0, 0.1) is 0 Å². The van der Waals surface area contributed by atoms with E-state index >= 15 is 4.39 Å². The molecule has 176 valence electrons. The van der Waals surface area contributed by atoms with E-state index in [1.807, 2.05) is 42.4 Å². The highest BCUT2D eigenvalue weighted by Gasteiger charge is 2.44. The second-order valence-corrected chi connectivity index (χ2v) is 8.94. The van der Waals surface area contributed by atoms with Gasteiger partial charge in [-0.05, 0) is 49.2 Å². The Morgan fingerprint density at radius 3 is 2.94 bits per heavy atom. The molecule has 0 saturated carbocycles. The van der Waals surface area contributed by atoms with E-state index in [-0.39, 0.29) is 6.54 Å². The largest absolute Gasteiger partial charge is 0.479 e. The Hall–Kier alpha value is -3.59. The first-order valence-electron chi connectivity index (χ1n) is 11.3. The van der Waals surface area contributed by atoms with Gasteiger partial charge in [0, 0.05) is 37.3 Å². The first-order chi connectivity index (χ1) is 16.4. The molecule has 1 saturated heterocycles. The molecule has 2 aliphatic rings. The summed E-state index contributed by atoms with van der Waals surface area (Å²) in [4.78, 5) is 15.4. The summed E-state index contributed by atoms with van der Waals surface area (Å²) >= 11 is 0. The van der Waals surface area contributed by atoms with E-state index < -0.39 is 11.7 Å². The maximum Gasteiger partial charge on any atom is 0.244 e. The van der Waals surface area contributed by atoms with E-state index in [4.69, 9.17) is 4.74 Å². The SMILES string of the molecule is C=C(C)C1(F)CN(C)CC[C@@H]1Nc1nc(OC)c2c(-c3ccc4c(c3)N=CC=NC4)ccn2n1. The van der Waals surface area contributed by atoms with Crippen LogP contribution >= 0.6 is 0 Å². The maximum absolute atomic E-state index is 15.9. The number of nitrogens with zero attached hydrogens (tertiary/aromatic N) is 6. The van der Waals surface area contributed by atoms with Gasteiger partial charge in [-0.3, -0.25) is 9.98 Å². The number of benzene rings is 1. The third-order valence-electron chi connectivity index (χ3n) is 6.58. The number of nitrogens with one attached hydrogen (secondary N) is 1. The van der Waals surface area contributed by atoms with Gasteiger partial charge in [-0.15, -0.1) is 5.10 Å². The predicted molar refractivity (Wildman–Crippen MR) is 134 cm³/mol. The lowest BCUT2D eigenvalue weighted by atomic mass is 9.84. The zero-order valence-corrected chi connectivity index (χ0v) is 19.6. The van der Waals surface area contributed by atoms with E-state index in [0.717, 1.165) is 34.4 Å². The quantitative estimate of drug-likeness (QED) is 0.579. The topological polar surface area (TPSA) is 79.4 Å². The number of hydrogen-bond donors (Lipinski definition) is 1. The zero-order chi connectivity index (χ0) is 23.9. The average molecular weight is 462 g/mol. The number of likely N-dealkylation sites (tertiary alicyclic amines) is 1. The Morgan fingerprint density at radius 2 is 2.15 bits per heavy atom. The molecule has 5 rings (SSSR count). The molecule has 1 N–H and O–H groups in total. The minimum Gasteiger partial charge on any atom is -0.479 e. The van der Waals surface area contributed by atoms with Crippen molar-refractivity contribution in [3.05, 3.63) is 48.2 Å². The number of methoxy groups -OCH3 is 1. The van der Waals surface area contributed by atoms with Crippen LogP contribution in [0.4, 0.5) is 16.0 Å². The highest BCUT2D eigenvalue weighted by molar-refractivity contribution is 6.17. The monoisotopic (exact) mass is 461 g/mol. The van der Waals surface area contributed by atoms with Crippen molar-refractivity contribution in [1.82, 2.24) is 19.5 Å². The smallest absolute Gasteiger partial charge is 0.244 e. The summed E-state index contributed by atoms with van der Waals surface area (Å²) in [6.45, 7) is 7.29. The molecule has 2 aliphatic heterocycles. The van der Waals surface area contributed by atoms with Crippen LogP contribution in [0.5, 0.6) is 5.88 Å². The first kappa shape index (κ1) is 22.2. The second-order valence-electron chi connectivity index (χ2n) is 8.94. The van der Waals surface area contributed by atoms with Crippen molar-refractivity contribution >= 4 is 29.6 Å². The van der Waals surface area contributed by atoms with Crippen LogP contribution in [0.3, 0.4) is 0 Å². The number of ether oxygens (including phenoxy) is 1. The average Bonchev–Trinajstić information content (AvgIpc) is 3.10. The van der Waals surface area contributed by atoms with Crippen molar-refractivity contribution < 1.29 is 9.13 Å². The molecule has 0 aliphatic carbocycles. The Bertz CT molecular complexity index is 1310. The van der Waals surface area contributed by atoms with Gasteiger partial charge in [0.05, 0.1) is 25.4 Å².